The van der Waals surface area contributed by atoms with Gasteiger partial charge in [0.1, 0.15) is 0 Å². The summed E-state index contributed by atoms with van der Waals surface area (Å²) in [6.07, 6.45) is 3.15. The summed E-state index contributed by atoms with van der Waals surface area (Å²) in [6.45, 7) is 0. The maximum Gasteiger partial charge on any atom is 0.156 e. The minimum Gasteiger partial charge on any atom is -0.221 e. The SMILES string of the molecule is Brc1ccn2nc(C3CCSC3)nc2c1. The minimum atomic E-state index is 0.550. The average molecular weight is 284 g/mol. The van der Waals surface area contributed by atoms with Crippen LogP contribution < -0.4 is 0 Å². The van der Waals surface area contributed by atoms with Crippen LogP contribution in [0, 0.1) is 0 Å². The third-order valence-electron chi connectivity index (χ3n) is 2.61. The van der Waals surface area contributed by atoms with Crippen molar-refractivity contribution in [2.45, 2.75) is 12.3 Å². The highest BCUT2D eigenvalue weighted by molar-refractivity contribution is 9.10. The Balaban J connectivity index is 2.05. The Morgan fingerprint density at radius 3 is 3.27 bits per heavy atom. The molecule has 0 bridgehead atoms. The normalized spacial score (nSPS) is 21.3. The Morgan fingerprint density at radius 2 is 2.47 bits per heavy atom. The molecule has 0 radical (unpaired) electrons. The quantitative estimate of drug-likeness (QED) is 0.806. The van der Waals surface area contributed by atoms with E-state index in [1.807, 2.05) is 34.6 Å². The second kappa shape index (κ2) is 3.79. The van der Waals surface area contributed by atoms with Gasteiger partial charge in [0.05, 0.1) is 0 Å². The first-order valence-corrected chi connectivity index (χ1v) is 6.87. The van der Waals surface area contributed by atoms with Gasteiger partial charge >= 0.3 is 0 Å². The molecule has 0 saturated carbocycles. The van der Waals surface area contributed by atoms with E-state index < -0.39 is 0 Å². The molecule has 1 unspecified atom stereocenters. The minimum absolute atomic E-state index is 0.550. The summed E-state index contributed by atoms with van der Waals surface area (Å²) in [5.41, 5.74) is 0.927. The van der Waals surface area contributed by atoms with Crippen molar-refractivity contribution < 1.29 is 0 Å². The van der Waals surface area contributed by atoms with Gasteiger partial charge in [-0.25, -0.2) is 9.50 Å². The fraction of sp³-hybridized carbons (Fsp3) is 0.400. The predicted molar refractivity (Wildman–Crippen MR) is 65.4 cm³/mol. The molecule has 1 aliphatic rings. The van der Waals surface area contributed by atoms with Gasteiger partial charge in [0.25, 0.3) is 0 Å². The van der Waals surface area contributed by atoms with Gasteiger partial charge in [-0.1, -0.05) is 15.9 Å². The van der Waals surface area contributed by atoms with Gasteiger partial charge in [0.2, 0.25) is 0 Å². The molecule has 0 amide bonds. The molecule has 5 heteroatoms. The Kier molecular flexibility index (Phi) is 2.44. The first kappa shape index (κ1) is 9.66. The van der Waals surface area contributed by atoms with E-state index in [4.69, 9.17) is 0 Å². The standard InChI is InChI=1S/C10H10BrN3S/c11-8-1-3-14-9(5-8)12-10(13-14)7-2-4-15-6-7/h1,3,5,7H,2,4,6H2. The number of nitrogens with zero attached hydrogens (tertiary/aromatic N) is 3. The van der Waals surface area contributed by atoms with Crippen LogP contribution in [0.1, 0.15) is 18.2 Å². The summed E-state index contributed by atoms with van der Waals surface area (Å²) in [5.74, 6) is 3.95. The van der Waals surface area contributed by atoms with Crippen molar-refractivity contribution in [3.63, 3.8) is 0 Å². The maximum absolute atomic E-state index is 4.56. The zero-order chi connectivity index (χ0) is 10.3. The number of pyridine rings is 1. The van der Waals surface area contributed by atoms with Crippen molar-refractivity contribution in [3.8, 4) is 0 Å². The molecule has 1 aliphatic heterocycles. The summed E-state index contributed by atoms with van der Waals surface area (Å²) in [5, 5.41) is 4.51. The zero-order valence-corrected chi connectivity index (χ0v) is 10.5. The van der Waals surface area contributed by atoms with Crippen molar-refractivity contribution in [3.05, 3.63) is 28.6 Å². The molecule has 0 aromatic carbocycles. The molecule has 3 heterocycles. The smallest absolute Gasteiger partial charge is 0.156 e. The number of aromatic nitrogens is 3. The summed E-state index contributed by atoms with van der Waals surface area (Å²) in [6, 6.07) is 3.98. The van der Waals surface area contributed by atoms with E-state index in [0.29, 0.717) is 5.92 Å². The van der Waals surface area contributed by atoms with Crippen LogP contribution in [-0.2, 0) is 0 Å². The van der Waals surface area contributed by atoms with Crippen molar-refractivity contribution >= 4 is 33.3 Å². The molecule has 78 valence electrons. The molecule has 0 N–H and O–H groups in total. The molecule has 1 fully saturated rings. The van der Waals surface area contributed by atoms with Gasteiger partial charge in [-0.2, -0.15) is 16.9 Å². The van der Waals surface area contributed by atoms with Crippen LogP contribution in [0.2, 0.25) is 0 Å². The highest BCUT2D eigenvalue weighted by Gasteiger charge is 2.21. The molecule has 3 rings (SSSR count). The Hall–Kier alpha value is -0.550. The van der Waals surface area contributed by atoms with Crippen molar-refractivity contribution in [1.29, 1.82) is 0 Å². The number of hydrogen-bond donors (Lipinski definition) is 0. The molecule has 0 aliphatic carbocycles. The van der Waals surface area contributed by atoms with Gasteiger partial charge in [-0.3, -0.25) is 0 Å². The Morgan fingerprint density at radius 1 is 1.53 bits per heavy atom. The molecule has 2 aromatic heterocycles. The van der Waals surface area contributed by atoms with Gasteiger partial charge in [0.15, 0.2) is 11.5 Å². The molecular formula is C10H10BrN3S. The largest absolute Gasteiger partial charge is 0.221 e. The van der Waals surface area contributed by atoms with E-state index in [0.717, 1.165) is 21.7 Å². The second-order valence-corrected chi connectivity index (χ2v) is 5.74. The lowest BCUT2D eigenvalue weighted by Gasteiger charge is -1.99. The van der Waals surface area contributed by atoms with E-state index >= 15 is 0 Å². The van der Waals surface area contributed by atoms with Gasteiger partial charge in [-0.05, 0) is 24.3 Å². The van der Waals surface area contributed by atoms with Crippen LogP contribution in [0.5, 0.6) is 0 Å². The highest BCUT2D eigenvalue weighted by Crippen LogP contribution is 2.30. The Labute approximate surface area is 100 Å². The Bertz CT molecular complexity index is 490. The fourth-order valence-electron chi connectivity index (χ4n) is 1.79. The topological polar surface area (TPSA) is 30.2 Å². The molecule has 0 spiro atoms. The van der Waals surface area contributed by atoms with Crippen molar-refractivity contribution in [1.82, 2.24) is 14.6 Å². The predicted octanol–water partition coefficient (Wildman–Crippen LogP) is 2.71. The zero-order valence-electron chi connectivity index (χ0n) is 8.06. The van der Waals surface area contributed by atoms with Crippen molar-refractivity contribution in [2.24, 2.45) is 0 Å². The number of fused-ring (bicyclic) bond motifs is 1. The summed E-state index contributed by atoms with van der Waals surface area (Å²) in [4.78, 5) is 4.56. The molecule has 3 nitrogen and oxygen atoms in total. The molecule has 2 aromatic rings. The van der Waals surface area contributed by atoms with Gasteiger partial charge in [0, 0.05) is 22.3 Å². The summed E-state index contributed by atoms with van der Waals surface area (Å²) >= 11 is 5.43. The highest BCUT2D eigenvalue weighted by atomic mass is 79.9. The first-order chi connectivity index (χ1) is 7.33. The number of halogens is 1. The number of thioether (sulfide) groups is 1. The van der Waals surface area contributed by atoms with Crippen LogP contribution >= 0.6 is 27.7 Å². The van der Waals surface area contributed by atoms with E-state index in [1.165, 1.54) is 12.2 Å². The fourth-order valence-corrected chi connectivity index (χ4v) is 3.33. The average Bonchev–Trinajstić information content (AvgIpc) is 2.84. The van der Waals surface area contributed by atoms with Crippen LogP contribution in [0.25, 0.3) is 5.65 Å². The monoisotopic (exact) mass is 283 g/mol. The summed E-state index contributed by atoms with van der Waals surface area (Å²) in [7, 11) is 0. The van der Waals surface area contributed by atoms with Gasteiger partial charge in [-0.15, -0.1) is 0 Å². The van der Waals surface area contributed by atoms with Crippen LogP contribution in [0.4, 0.5) is 0 Å². The maximum atomic E-state index is 4.56. The van der Waals surface area contributed by atoms with E-state index in [9.17, 15) is 0 Å². The lowest BCUT2D eigenvalue weighted by Crippen LogP contribution is -1.99. The van der Waals surface area contributed by atoms with Crippen LogP contribution in [0.3, 0.4) is 0 Å². The van der Waals surface area contributed by atoms with Gasteiger partial charge < -0.3 is 0 Å². The van der Waals surface area contributed by atoms with Crippen LogP contribution in [0.15, 0.2) is 22.8 Å². The molecule has 15 heavy (non-hydrogen) atoms. The van der Waals surface area contributed by atoms with E-state index in [1.54, 1.807) is 0 Å². The lowest BCUT2D eigenvalue weighted by molar-refractivity contribution is 0.713. The van der Waals surface area contributed by atoms with Crippen molar-refractivity contribution in [2.75, 3.05) is 11.5 Å². The molecular weight excluding hydrogens is 274 g/mol. The number of hydrogen-bond acceptors (Lipinski definition) is 3. The van der Waals surface area contributed by atoms with E-state index in [2.05, 4.69) is 26.0 Å². The van der Waals surface area contributed by atoms with Crippen LogP contribution in [-0.4, -0.2) is 26.1 Å². The third-order valence-corrected chi connectivity index (χ3v) is 4.27. The second-order valence-electron chi connectivity index (χ2n) is 3.68. The lowest BCUT2D eigenvalue weighted by atomic mass is 10.1. The molecule has 1 saturated heterocycles. The summed E-state index contributed by atoms with van der Waals surface area (Å²) < 4.78 is 2.90. The number of rotatable bonds is 1. The van der Waals surface area contributed by atoms with E-state index in [-0.39, 0.29) is 0 Å². The first-order valence-electron chi connectivity index (χ1n) is 4.92. The molecule has 1 atom stereocenters. The third kappa shape index (κ3) is 1.78.